The summed E-state index contributed by atoms with van der Waals surface area (Å²) < 4.78 is 45.1. The SMILES string of the molecule is CC(C)c1ccccc1Nc1cc(-n2cnc(-c3ccc(NC(=O)CC=S)cc3)n2)ccc1OC(F)(F)F. The van der Waals surface area contributed by atoms with Crippen LogP contribution >= 0.6 is 12.2 Å². The lowest BCUT2D eigenvalue weighted by Gasteiger charge is -2.19. The monoisotopic (exact) mass is 539 g/mol. The van der Waals surface area contributed by atoms with Crippen molar-refractivity contribution in [2.75, 3.05) is 10.6 Å². The minimum atomic E-state index is -4.86. The van der Waals surface area contributed by atoms with Gasteiger partial charge in [0.2, 0.25) is 5.91 Å². The fourth-order valence-electron chi connectivity index (χ4n) is 3.74. The number of carbonyl (C=O) groups excluding carboxylic acids is 1. The van der Waals surface area contributed by atoms with Gasteiger partial charge in [-0.05, 0) is 65.4 Å². The van der Waals surface area contributed by atoms with Gasteiger partial charge in [0.15, 0.2) is 11.6 Å². The van der Waals surface area contributed by atoms with Crippen molar-refractivity contribution in [3.05, 3.63) is 78.6 Å². The maximum Gasteiger partial charge on any atom is 0.573 e. The molecule has 11 heteroatoms. The molecule has 0 unspecified atom stereocenters. The van der Waals surface area contributed by atoms with Gasteiger partial charge >= 0.3 is 6.36 Å². The van der Waals surface area contributed by atoms with E-state index in [4.69, 9.17) is 12.2 Å². The van der Waals surface area contributed by atoms with Crippen molar-refractivity contribution in [3.8, 4) is 22.8 Å². The normalized spacial score (nSPS) is 11.3. The van der Waals surface area contributed by atoms with Crippen molar-refractivity contribution in [2.24, 2.45) is 0 Å². The van der Waals surface area contributed by atoms with E-state index in [2.05, 4.69) is 25.5 Å². The second-order valence-corrected chi connectivity index (χ2v) is 8.94. The van der Waals surface area contributed by atoms with Crippen molar-refractivity contribution in [1.82, 2.24) is 14.8 Å². The summed E-state index contributed by atoms with van der Waals surface area (Å²) in [5.74, 6) is -0.0385. The number of hydrogen-bond donors (Lipinski definition) is 2. The second kappa shape index (κ2) is 11.4. The van der Waals surface area contributed by atoms with Crippen LogP contribution in [0.5, 0.6) is 5.75 Å². The number of para-hydroxylation sites is 1. The maximum absolute atomic E-state index is 13.1. The lowest BCUT2D eigenvalue weighted by molar-refractivity contribution is -0.274. The van der Waals surface area contributed by atoms with Crippen molar-refractivity contribution >= 4 is 40.6 Å². The number of alkyl halides is 3. The topological polar surface area (TPSA) is 81.1 Å². The minimum Gasteiger partial charge on any atom is -0.404 e. The van der Waals surface area contributed by atoms with Crippen LogP contribution in [0.2, 0.25) is 0 Å². The number of rotatable bonds is 9. The van der Waals surface area contributed by atoms with Gasteiger partial charge in [-0.2, -0.15) is 0 Å². The molecule has 38 heavy (non-hydrogen) atoms. The predicted molar refractivity (Wildman–Crippen MR) is 144 cm³/mol. The highest BCUT2D eigenvalue weighted by molar-refractivity contribution is 7.79. The molecule has 4 rings (SSSR count). The molecule has 196 valence electrons. The Bertz CT molecular complexity index is 1440. The summed E-state index contributed by atoms with van der Waals surface area (Å²) in [6.45, 7) is 4.00. The number of aromatic nitrogens is 3. The molecule has 2 N–H and O–H groups in total. The van der Waals surface area contributed by atoms with E-state index in [1.54, 1.807) is 36.4 Å². The lowest BCUT2D eigenvalue weighted by atomic mass is 10.0. The molecule has 1 amide bonds. The molecule has 0 spiro atoms. The van der Waals surface area contributed by atoms with E-state index in [9.17, 15) is 18.0 Å². The summed E-state index contributed by atoms with van der Waals surface area (Å²) >= 11 is 4.69. The Hall–Kier alpha value is -4.25. The molecular weight excluding hydrogens is 515 g/mol. The van der Waals surface area contributed by atoms with E-state index in [1.165, 1.54) is 34.6 Å². The van der Waals surface area contributed by atoms with E-state index in [1.807, 2.05) is 26.0 Å². The third-order valence-corrected chi connectivity index (χ3v) is 5.66. The number of thiocarbonyl (C=S) groups is 1. The molecule has 1 aromatic heterocycles. The van der Waals surface area contributed by atoms with Crippen LogP contribution in [0.15, 0.2) is 73.1 Å². The zero-order valence-corrected chi connectivity index (χ0v) is 21.3. The van der Waals surface area contributed by atoms with Crippen molar-refractivity contribution in [3.63, 3.8) is 0 Å². The Morgan fingerprint density at radius 1 is 1.08 bits per heavy atom. The maximum atomic E-state index is 13.1. The second-order valence-electron chi connectivity index (χ2n) is 8.60. The first kappa shape index (κ1) is 26.8. The zero-order chi connectivity index (χ0) is 27.3. The van der Waals surface area contributed by atoms with E-state index in [-0.39, 0.29) is 29.7 Å². The smallest absolute Gasteiger partial charge is 0.404 e. The van der Waals surface area contributed by atoms with Crippen LogP contribution in [0.25, 0.3) is 17.1 Å². The number of nitrogens with one attached hydrogen (secondary N) is 2. The number of amides is 1. The van der Waals surface area contributed by atoms with Gasteiger partial charge in [0, 0.05) is 16.9 Å². The third-order valence-electron chi connectivity index (χ3n) is 5.49. The van der Waals surface area contributed by atoms with Crippen LogP contribution in [0, 0.1) is 0 Å². The molecule has 0 saturated carbocycles. The number of carbonyl (C=O) groups is 1. The zero-order valence-electron chi connectivity index (χ0n) is 20.5. The Morgan fingerprint density at radius 2 is 1.82 bits per heavy atom. The lowest BCUT2D eigenvalue weighted by Crippen LogP contribution is -2.18. The summed E-state index contributed by atoms with van der Waals surface area (Å²) in [4.78, 5) is 16.0. The van der Waals surface area contributed by atoms with E-state index in [0.29, 0.717) is 28.5 Å². The van der Waals surface area contributed by atoms with Crippen molar-refractivity contribution in [1.29, 1.82) is 0 Å². The highest BCUT2D eigenvalue weighted by atomic mass is 32.1. The number of benzene rings is 3. The molecule has 0 saturated heterocycles. The molecule has 0 aliphatic heterocycles. The van der Waals surface area contributed by atoms with Crippen LogP contribution in [-0.4, -0.2) is 32.4 Å². The first-order chi connectivity index (χ1) is 18.1. The molecule has 1 heterocycles. The number of anilines is 3. The fourth-order valence-corrected chi connectivity index (χ4v) is 3.89. The molecule has 3 aromatic carbocycles. The summed E-state index contributed by atoms with van der Waals surface area (Å²) in [6.07, 6.45) is -3.25. The van der Waals surface area contributed by atoms with Gasteiger partial charge in [0.05, 0.1) is 17.8 Å². The Kier molecular flexibility index (Phi) is 8.06. The molecule has 0 bridgehead atoms. The average molecular weight is 540 g/mol. The Balaban J connectivity index is 1.63. The summed E-state index contributed by atoms with van der Waals surface area (Å²) in [6, 6.07) is 18.6. The van der Waals surface area contributed by atoms with Crippen LogP contribution < -0.4 is 15.4 Å². The summed E-state index contributed by atoms with van der Waals surface area (Å²) in [5, 5.41) is 11.7. The average Bonchev–Trinajstić information content (AvgIpc) is 3.35. The van der Waals surface area contributed by atoms with Gasteiger partial charge in [-0.3, -0.25) is 4.79 Å². The molecule has 7 nitrogen and oxygen atoms in total. The molecule has 0 aliphatic rings. The quantitative estimate of drug-likeness (QED) is 0.222. The minimum absolute atomic E-state index is 0.126. The Morgan fingerprint density at radius 3 is 2.50 bits per heavy atom. The van der Waals surface area contributed by atoms with E-state index >= 15 is 0 Å². The van der Waals surface area contributed by atoms with Crippen LogP contribution in [0.3, 0.4) is 0 Å². The van der Waals surface area contributed by atoms with Gasteiger partial charge in [-0.25, -0.2) is 9.67 Å². The first-order valence-electron chi connectivity index (χ1n) is 11.6. The summed E-state index contributed by atoms with van der Waals surface area (Å²) in [5.41, 5.74) is 3.52. The number of hydrogen-bond acceptors (Lipinski definition) is 6. The van der Waals surface area contributed by atoms with Gasteiger partial charge in [0.25, 0.3) is 0 Å². The molecule has 0 aliphatic carbocycles. The summed E-state index contributed by atoms with van der Waals surface area (Å²) in [7, 11) is 0. The predicted octanol–water partition coefficient (Wildman–Crippen LogP) is 7.03. The van der Waals surface area contributed by atoms with Crippen molar-refractivity contribution < 1.29 is 22.7 Å². The molecule has 0 radical (unpaired) electrons. The Labute approximate surface area is 222 Å². The third kappa shape index (κ3) is 6.74. The highest BCUT2D eigenvalue weighted by Crippen LogP contribution is 2.36. The van der Waals surface area contributed by atoms with Gasteiger partial charge in [0.1, 0.15) is 6.33 Å². The molecule has 0 fully saturated rings. The standard InChI is InChI=1S/C27H24F3N5O2S/c1-17(2)21-5-3-4-6-22(21)33-23-15-20(11-12-24(23)37-27(28,29)30)35-16-31-26(34-35)18-7-9-19(10-8-18)32-25(36)13-14-38/h3-12,14-17,33H,13H2,1-2H3,(H,32,36). The highest BCUT2D eigenvalue weighted by Gasteiger charge is 2.32. The molecule has 0 atom stereocenters. The van der Waals surface area contributed by atoms with Crippen LogP contribution in [0.4, 0.5) is 30.2 Å². The first-order valence-corrected chi connectivity index (χ1v) is 12.1. The van der Waals surface area contributed by atoms with Crippen LogP contribution in [-0.2, 0) is 4.79 Å². The van der Waals surface area contributed by atoms with Crippen molar-refractivity contribution in [2.45, 2.75) is 32.5 Å². The van der Waals surface area contributed by atoms with Gasteiger partial charge < -0.3 is 15.4 Å². The van der Waals surface area contributed by atoms with Gasteiger partial charge in [-0.1, -0.05) is 44.3 Å². The molecular formula is C27H24F3N5O2S. The number of ether oxygens (including phenoxy) is 1. The molecule has 4 aromatic rings. The fraction of sp³-hybridized carbons (Fsp3) is 0.185. The number of nitrogens with zero attached hydrogens (tertiary/aromatic N) is 3. The largest absolute Gasteiger partial charge is 0.573 e. The number of halogens is 3. The van der Waals surface area contributed by atoms with E-state index < -0.39 is 6.36 Å². The van der Waals surface area contributed by atoms with E-state index in [0.717, 1.165) is 5.56 Å². The van der Waals surface area contributed by atoms with Crippen LogP contribution in [0.1, 0.15) is 31.7 Å². The van der Waals surface area contributed by atoms with Gasteiger partial charge in [-0.15, -0.1) is 18.3 Å².